The van der Waals surface area contributed by atoms with Crippen LogP contribution in [0.3, 0.4) is 0 Å². The van der Waals surface area contributed by atoms with Crippen molar-refractivity contribution in [3.63, 3.8) is 0 Å². The number of aliphatic carboxylic acids is 1. The van der Waals surface area contributed by atoms with E-state index in [-0.39, 0.29) is 11.8 Å². The molecule has 0 aromatic heterocycles. The Balaban J connectivity index is 4.96. The number of carbonyl (C=O) groups excluding carboxylic acids is 3. The number of hydrogen-bond acceptors (Lipinski definition) is 5. The van der Waals surface area contributed by atoms with Crippen molar-refractivity contribution in [2.45, 2.75) is 72.1 Å². The molecule has 0 bridgehead atoms. The third-order valence-electron chi connectivity index (χ3n) is 3.74. The second-order valence-corrected chi connectivity index (χ2v) is 7.28. The quantitative estimate of drug-likeness (QED) is 0.352. The first-order chi connectivity index (χ1) is 11.9. The fourth-order valence-corrected chi connectivity index (χ4v) is 2.18. The Bertz CT molecular complexity index is 519. The molecule has 26 heavy (non-hydrogen) atoms. The third kappa shape index (κ3) is 8.28. The summed E-state index contributed by atoms with van der Waals surface area (Å²) in [6.07, 6.45) is 0.377. The molecule has 0 spiro atoms. The number of carboxylic acid groups (broad SMARTS) is 1. The van der Waals surface area contributed by atoms with E-state index in [1.165, 1.54) is 13.8 Å². The monoisotopic (exact) mass is 372 g/mol. The van der Waals surface area contributed by atoms with Crippen LogP contribution in [-0.4, -0.2) is 53.0 Å². The summed E-state index contributed by atoms with van der Waals surface area (Å²) in [6.45, 7) is 10.1. The van der Waals surface area contributed by atoms with E-state index in [1.807, 2.05) is 13.8 Å². The average Bonchev–Trinajstić information content (AvgIpc) is 2.49. The largest absolute Gasteiger partial charge is 0.480 e. The van der Waals surface area contributed by atoms with E-state index in [4.69, 9.17) is 10.8 Å². The van der Waals surface area contributed by atoms with Gasteiger partial charge in [-0.3, -0.25) is 14.4 Å². The molecular weight excluding hydrogens is 340 g/mol. The Labute approximate surface area is 154 Å². The molecule has 0 heterocycles. The lowest BCUT2D eigenvalue weighted by Gasteiger charge is -2.24. The van der Waals surface area contributed by atoms with Gasteiger partial charge in [-0.2, -0.15) is 0 Å². The van der Waals surface area contributed by atoms with Crippen LogP contribution in [0, 0.1) is 11.8 Å². The number of hydrogen-bond donors (Lipinski definition) is 5. The molecule has 9 heteroatoms. The summed E-state index contributed by atoms with van der Waals surface area (Å²) in [4.78, 5) is 47.6. The lowest BCUT2D eigenvalue weighted by molar-refractivity contribution is -0.143. The normalized spacial score (nSPS) is 15.7. The number of nitrogens with two attached hydrogens (primary N) is 1. The van der Waals surface area contributed by atoms with Gasteiger partial charge in [0.15, 0.2) is 0 Å². The Hall–Kier alpha value is -2.16. The van der Waals surface area contributed by atoms with Gasteiger partial charge >= 0.3 is 5.97 Å². The first-order valence-electron chi connectivity index (χ1n) is 8.76. The minimum absolute atomic E-state index is 0.126. The van der Waals surface area contributed by atoms with Gasteiger partial charge in [0.25, 0.3) is 0 Å². The van der Waals surface area contributed by atoms with Gasteiger partial charge in [0.05, 0.1) is 6.04 Å². The van der Waals surface area contributed by atoms with Crippen molar-refractivity contribution in [2.75, 3.05) is 0 Å². The molecule has 4 unspecified atom stereocenters. The van der Waals surface area contributed by atoms with Crippen LogP contribution in [0.25, 0.3) is 0 Å². The topological polar surface area (TPSA) is 151 Å². The average molecular weight is 372 g/mol. The van der Waals surface area contributed by atoms with Crippen LogP contribution in [-0.2, 0) is 19.2 Å². The van der Waals surface area contributed by atoms with Gasteiger partial charge in [-0.25, -0.2) is 4.79 Å². The van der Waals surface area contributed by atoms with Crippen LogP contribution >= 0.6 is 0 Å². The zero-order valence-electron chi connectivity index (χ0n) is 16.3. The summed E-state index contributed by atoms with van der Waals surface area (Å²) >= 11 is 0. The lowest BCUT2D eigenvalue weighted by atomic mass is 10.0. The summed E-state index contributed by atoms with van der Waals surface area (Å²) in [6, 6.07) is -3.60. The van der Waals surface area contributed by atoms with Crippen LogP contribution in [0.4, 0.5) is 0 Å². The van der Waals surface area contributed by atoms with Crippen LogP contribution < -0.4 is 21.7 Å². The zero-order valence-corrected chi connectivity index (χ0v) is 16.3. The van der Waals surface area contributed by atoms with Crippen molar-refractivity contribution >= 4 is 23.7 Å². The Morgan fingerprint density at radius 2 is 1.38 bits per heavy atom. The molecule has 150 valence electrons. The minimum atomic E-state index is -1.14. The maximum Gasteiger partial charge on any atom is 0.326 e. The number of rotatable bonds is 10. The zero-order chi connectivity index (χ0) is 20.6. The van der Waals surface area contributed by atoms with Crippen molar-refractivity contribution in [2.24, 2.45) is 17.6 Å². The highest BCUT2D eigenvalue weighted by molar-refractivity contribution is 5.93. The number of amides is 3. The molecule has 0 aromatic rings. The van der Waals surface area contributed by atoms with Crippen LogP contribution in [0.1, 0.15) is 48.0 Å². The van der Waals surface area contributed by atoms with E-state index in [0.717, 1.165) is 0 Å². The van der Waals surface area contributed by atoms with Crippen LogP contribution in [0.15, 0.2) is 0 Å². The lowest BCUT2D eigenvalue weighted by Crippen LogP contribution is -2.56. The summed E-state index contributed by atoms with van der Waals surface area (Å²) in [5, 5.41) is 16.6. The predicted molar refractivity (Wildman–Crippen MR) is 97.0 cm³/mol. The van der Waals surface area contributed by atoms with Gasteiger partial charge in [0, 0.05) is 0 Å². The van der Waals surface area contributed by atoms with Gasteiger partial charge in [-0.15, -0.1) is 0 Å². The van der Waals surface area contributed by atoms with Crippen LogP contribution in [0.2, 0.25) is 0 Å². The van der Waals surface area contributed by atoms with Gasteiger partial charge in [0.2, 0.25) is 17.7 Å². The second-order valence-electron chi connectivity index (χ2n) is 7.28. The Morgan fingerprint density at radius 1 is 0.846 bits per heavy atom. The standard InChI is InChI=1S/C17H32N4O5/c1-8(2)7-12(20-14(22)10(5)18)16(24)19-11(6)15(23)21-13(9(3)4)17(25)26/h8-13H,7,18H2,1-6H3,(H,19,24)(H,20,22)(H,21,23)(H,25,26). The Kier molecular flexibility index (Phi) is 9.85. The van der Waals surface area contributed by atoms with Gasteiger partial charge in [-0.05, 0) is 32.1 Å². The van der Waals surface area contributed by atoms with Crippen molar-refractivity contribution in [3.05, 3.63) is 0 Å². The van der Waals surface area contributed by atoms with Gasteiger partial charge < -0.3 is 26.8 Å². The maximum atomic E-state index is 12.4. The van der Waals surface area contributed by atoms with Crippen molar-refractivity contribution in [1.82, 2.24) is 16.0 Å². The highest BCUT2D eigenvalue weighted by Crippen LogP contribution is 2.06. The molecule has 0 aliphatic carbocycles. The molecule has 0 aromatic carbocycles. The summed E-state index contributed by atoms with van der Waals surface area (Å²) < 4.78 is 0. The van der Waals surface area contributed by atoms with Crippen LogP contribution in [0.5, 0.6) is 0 Å². The molecule has 6 N–H and O–H groups in total. The van der Waals surface area contributed by atoms with E-state index in [0.29, 0.717) is 6.42 Å². The molecule has 4 atom stereocenters. The van der Waals surface area contributed by atoms with E-state index >= 15 is 0 Å². The molecule has 0 fully saturated rings. The number of nitrogens with one attached hydrogen (secondary N) is 3. The minimum Gasteiger partial charge on any atom is -0.480 e. The molecule has 9 nitrogen and oxygen atoms in total. The Morgan fingerprint density at radius 3 is 1.77 bits per heavy atom. The first kappa shape index (κ1) is 23.8. The molecule has 0 aliphatic heterocycles. The summed E-state index contributed by atoms with van der Waals surface area (Å²) in [5.41, 5.74) is 5.51. The summed E-state index contributed by atoms with van der Waals surface area (Å²) in [7, 11) is 0. The molecule has 0 radical (unpaired) electrons. The molecule has 3 amide bonds. The highest BCUT2D eigenvalue weighted by atomic mass is 16.4. The second kappa shape index (κ2) is 10.7. The molecule has 0 saturated carbocycles. The molecule has 0 rings (SSSR count). The number of carboxylic acids is 1. The van der Waals surface area contributed by atoms with Gasteiger partial charge in [0.1, 0.15) is 18.1 Å². The van der Waals surface area contributed by atoms with E-state index < -0.39 is 47.9 Å². The smallest absolute Gasteiger partial charge is 0.326 e. The highest BCUT2D eigenvalue weighted by Gasteiger charge is 2.29. The maximum absolute atomic E-state index is 12.4. The van der Waals surface area contributed by atoms with E-state index in [2.05, 4.69) is 16.0 Å². The molecule has 0 aliphatic rings. The fourth-order valence-electron chi connectivity index (χ4n) is 2.18. The van der Waals surface area contributed by atoms with Gasteiger partial charge in [-0.1, -0.05) is 27.7 Å². The third-order valence-corrected chi connectivity index (χ3v) is 3.74. The van der Waals surface area contributed by atoms with Crippen molar-refractivity contribution < 1.29 is 24.3 Å². The molecule has 0 saturated heterocycles. The molecular formula is C17H32N4O5. The first-order valence-corrected chi connectivity index (χ1v) is 8.76. The summed E-state index contributed by atoms with van der Waals surface area (Å²) in [5.74, 6) is -2.92. The van der Waals surface area contributed by atoms with E-state index in [1.54, 1.807) is 13.8 Å². The number of carbonyl (C=O) groups is 4. The van der Waals surface area contributed by atoms with E-state index in [9.17, 15) is 19.2 Å². The SMILES string of the molecule is CC(C)CC(NC(=O)C(C)N)C(=O)NC(C)C(=O)NC(C(=O)O)C(C)C. The van der Waals surface area contributed by atoms with Crippen molar-refractivity contribution in [3.8, 4) is 0 Å². The van der Waals surface area contributed by atoms with Crippen molar-refractivity contribution in [1.29, 1.82) is 0 Å². The predicted octanol–water partition coefficient (Wildman–Crippen LogP) is -0.405. The fraction of sp³-hybridized carbons (Fsp3) is 0.765.